The summed E-state index contributed by atoms with van der Waals surface area (Å²) in [6.07, 6.45) is 2.25. The van der Waals surface area contributed by atoms with Gasteiger partial charge < -0.3 is 10.6 Å². The van der Waals surface area contributed by atoms with Crippen molar-refractivity contribution < 1.29 is 4.79 Å². The maximum Gasteiger partial charge on any atom is 0.228 e. The minimum Gasteiger partial charge on any atom is -0.341 e. The summed E-state index contributed by atoms with van der Waals surface area (Å²) in [5.74, 6) is 0.0826. The van der Waals surface area contributed by atoms with Crippen LogP contribution in [0.25, 0.3) is 10.6 Å². The van der Waals surface area contributed by atoms with Gasteiger partial charge in [0, 0.05) is 35.1 Å². The lowest BCUT2D eigenvalue weighted by Gasteiger charge is -2.30. The summed E-state index contributed by atoms with van der Waals surface area (Å²) in [5, 5.41) is 3.85. The summed E-state index contributed by atoms with van der Waals surface area (Å²) in [6.45, 7) is 1.42. The lowest BCUT2D eigenvalue weighted by atomic mass is 10.1. The van der Waals surface area contributed by atoms with Crippen LogP contribution in [0.1, 0.15) is 18.5 Å². The van der Waals surface area contributed by atoms with E-state index in [1.807, 2.05) is 16.3 Å². The van der Waals surface area contributed by atoms with E-state index >= 15 is 0 Å². The van der Waals surface area contributed by atoms with E-state index in [2.05, 4.69) is 4.98 Å². The second-order valence-corrected chi connectivity index (χ2v) is 7.39. The molecule has 1 amide bonds. The van der Waals surface area contributed by atoms with Gasteiger partial charge in [0.15, 0.2) is 0 Å². The highest BCUT2D eigenvalue weighted by Crippen LogP contribution is 2.32. The molecule has 3 rings (SSSR count). The van der Waals surface area contributed by atoms with Crippen LogP contribution in [0.2, 0.25) is 10.0 Å². The van der Waals surface area contributed by atoms with E-state index < -0.39 is 0 Å². The average Bonchev–Trinajstić information content (AvgIpc) is 2.95. The SMILES string of the molecule is NC1CCCN(C(=O)Cc2csc(-c3ccc(Cl)cc3Cl)n2)C1. The fourth-order valence-electron chi connectivity index (χ4n) is 2.68. The number of halogens is 2. The molecule has 0 bridgehead atoms. The van der Waals surface area contributed by atoms with Gasteiger partial charge in [-0.3, -0.25) is 4.79 Å². The van der Waals surface area contributed by atoms with Crippen molar-refractivity contribution in [3.8, 4) is 10.6 Å². The first-order valence-electron chi connectivity index (χ1n) is 7.46. The van der Waals surface area contributed by atoms with Crippen molar-refractivity contribution in [1.29, 1.82) is 0 Å². The van der Waals surface area contributed by atoms with E-state index in [1.165, 1.54) is 11.3 Å². The molecule has 1 aliphatic rings. The minimum atomic E-state index is 0.0826. The first-order valence-corrected chi connectivity index (χ1v) is 9.09. The summed E-state index contributed by atoms with van der Waals surface area (Å²) >= 11 is 13.6. The van der Waals surface area contributed by atoms with Crippen LogP contribution in [-0.4, -0.2) is 34.9 Å². The number of amides is 1. The molecule has 0 radical (unpaired) electrons. The zero-order valence-corrected chi connectivity index (χ0v) is 14.8. The maximum absolute atomic E-state index is 12.4. The second-order valence-electron chi connectivity index (χ2n) is 5.69. The first kappa shape index (κ1) is 16.7. The highest BCUT2D eigenvalue weighted by Gasteiger charge is 2.22. The molecule has 0 spiro atoms. The van der Waals surface area contributed by atoms with Crippen molar-refractivity contribution in [1.82, 2.24) is 9.88 Å². The Bertz CT molecular complexity index is 719. The van der Waals surface area contributed by atoms with Crippen LogP contribution in [0.5, 0.6) is 0 Å². The number of benzene rings is 1. The van der Waals surface area contributed by atoms with Crippen molar-refractivity contribution in [3.05, 3.63) is 39.3 Å². The number of nitrogens with zero attached hydrogens (tertiary/aromatic N) is 2. The quantitative estimate of drug-likeness (QED) is 0.898. The van der Waals surface area contributed by atoms with E-state index in [9.17, 15) is 4.79 Å². The van der Waals surface area contributed by atoms with Crippen molar-refractivity contribution in [3.63, 3.8) is 0 Å². The summed E-state index contributed by atoms with van der Waals surface area (Å²) in [5.41, 5.74) is 7.53. The Kier molecular flexibility index (Phi) is 5.21. The molecule has 1 aromatic heterocycles. The van der Waals surface area contributed by atoms with Crippen LogP contribution in [0.4, 0.5) is 0 Å². The molecule has 7 heteroatoms. The number of hydrogen-bond donors (Lipinski definition) is 1. The third kappa shape index (κ3) is 4.04. The molecule has 0 aliphatic carbocycles. The zero-order valence-electron chi connectivity index (χ0n) is 12.5. The highest BCUT2D eigenvalue weighted by atomic mass is 35.5. The number of aromatic nitrogens is 1. The van der Waals surface area contributed by atoms with Crippen LogP contribution in [0.15, 0.2) is 23.6 Å². The number of likely N-dealkylation sites (tertiary alicyclic amines) is 1. The van der Waals surface area contributed by atoms with Crippen LogP contribution >= 0.6 is 34.5 Å². The Hall–Kier alpha value is -1.14. The Balaban J connectivity index is 1.70. The van der Waals surface area contributed by atoms with Gasteiger partial charge in [-0.2, -0.15) is 0 Å². The van der Waals surface area contributed by atoms with Crippen molar-refractivity contribution in [2.75, 3.05) is 13.1 Å². The Morgan fingerprint density at radius 3 is 3.00 bits per heavy atom. The van der Waals surface area contributed by atoms with Gasteiger partial charge in [-0.1, -0.05) is 23.2 Å². The first-order chi connectivity index (χ1) is 11.0. The minimum absolute atomic E-state index is 0.0826. The van der Waals surface area contributed by atoms with Crippen molar-refractivity contribution in [2.24, 2.45) is 5.73 Å². The number of carbonyl (C=O) groups is 1. The van der Waals surface area contributed by atoms with Gasteiger partial charge in [0.2, 0.25) is 5.91 Å². The third-order valence-electron chi connectivity index (χ3n) is 3.86. The van der Waals surface area contributed by atoms with Crippen LogP contribution in [-0.2, 0) is 11.2 Å². The molecular weight excluding hydrogens is 353 g/mol. The van der Waals surface area contributed by atoms with Crippen LogP contribution in [0.3, 0.4) is 0 Å². The predicted molar refractivity (Wildman–Crippen MR) is 95.1 cm³/mol. The molecule has 1 aromatic carbocycles. The van der Waals surface area contributed by atoms with E-state index in [0.29, 0.717) is 23.0 Å². The standard InChI is InChI=1S/C16H17Cl2N3OS/c17-10-3-4-13(14(18)6-10)16-20-12(9-23-16)7-15(22)21-5-1-2-11(19)8-21/h3-4,6,9,11H,1-2,5,7-8,19H2. The Morgan fingerprint density at radius 1 is 1.43 bits per heavy atom. The van der Waals surface area contributed by atoms with Gasteiger partial charge in [-0.25, -0.2) is 4.98 Å². The summed E-state index contributed by atoms with van der Waals surface area (Å²) in [6, 6.07) is 5.41. The molecular formula is C16H17Cl2N3OS. The van der Waals surface area contributed by atoms with Gasteiger partial charge in [-0.05, 0) is 31.0 Å². The van der Waals surface area contributed by atoms with Crippen molar-refractivity contribution >= 4 is 40.4 Å². The largest absolute Gasteiger partial charge is 0.341 e. The van der Waals surface area contributed by atoms with Crippen molar-refractivity contribution in [2.45, 2.75) is 25.3 Å². The number of hydrogen-bond acceptors (Lipinski definition) is 4. The number of rotatable bonds is 3. The van der Waals surface area contributed by atoms with Gasteiger partial charge >= 0.3 is 0 Å². The lowest BCUT2D eigenvalue weighted by molar-refractivity contribution is -0.131. The smallest absolute Gasteiger partial charge is 0.228 e. The molecule has 2 N–H and O–H groups in total. The summed E-state index contributed by atoms with van der Waals surface area (Å²) in [4.78, 5) is 18.7. The predicted octanol–water partition coefficient (Wildman–Crippen LogP) is 3.61. The third-order valence-corrected chi connectivity index (χ3v) is 5.33. The van der Waals surface area contributed by atoms with E-state index in [-0.39, 0.29) is 11.9 Å². The number of carbonyl (C=O) groups excluding carboxylic acids is 1. The monoisotopic (exact) mass is 369 g/mol. The second kappa shape index (κ2) is 7.18. The fourth-order valence-corrected chi connectivity index (χ4v) is 4.09. The molecule has 2 heterocycles. The molecule has 0 saturated carbocycles. The Labute approximate surface area is 149 Å². The average molecular weight is 370 g/mol. The van der Waals surface area contributed by atoms with Crippen LogP contribution < -0.4 is 5.73 Å². The summed E-state index contributed by atoms with van der Waals surface area (Å²) in [7, 11) is 0. The van der Waals surface area contributed by atoms with E-state index in [0.717, 1.165) is 35.7 Å². The van der Waals surface area contributed by atoms with Gasteiger partial charge in [-0.15, -0.1) is 11.3 Å². The number of piperidine rings is 1. The maximum atomic E-state index is 12.4. The molecule has 1 fully saturated rings. The summed E-state index contributed by atoms with van der Waals surface area (Å²) < 4.78 is 0. The van der Waals surface area contributed by atoms with Gasteiger partial charge in [0.25, 0.3) is 0 Å². The van der Waals surface area contributed by atoms with E-state index in [1.54, 1.807) is 12.1 Å². The molecule has 1 aliphatic heterocycles. The van der Waals surface area contributed by atoms with Gasteiger partial charge in [0.05, 0.1) is 17.1 Å². The molecule has 122 valence electrons. The highest BCUT2D eigenvalue weighted by molar-refractivity contribution is 7.13. The molecule has 2 aromatic rings. The van der Waals surface area contributed by atoms with E-state index in [4.69, 9.17) is 28.9 Å². The molecule has 4 nitrogen and oxygen atoms in total. The fraction of sp³-hybridized carbons (Fsp3) is 0.375. The Morgan fingerprint density at radius 2 is 2.26 bits per heavy atom. The number of nitrogens with two attached hydrogens (primary N) is 1. The molecule has 23 heavy (non-hydrogen) atoms. The lowest BCUT2D eigenvalue weighted by Crippen LogP contribution is -2.46. The molecule has 1 unspecified atom stereocenters. The molecule has 1 saturated heterocycles. The normalized spacial score (nSPS) is 18.2. The molecule has 1 atom stereocenters. The number of thiazole rings is 1. The topological polar surface area (TPSA) is 59.2 Å². The van der Waals surface area contributed by atoms with Crippen LogP contribution in [0, 0.1) is 0 Å². The van der Waals surface area contributed by atoms with Gasteiger partial charge in [0.1, 0.15) is 5.01 Å². The zero-order chi connectivity index (χ0) is 16.4.